The highest BCUT2D eigenvalue weighted by Gasteiger charge is 2.18. The van der Waals surface area contributed by atoms with Crippen LogP contribution in [0, 0.1) is 34.6 Å². The fourth-order valence-corrected chi connectivity index (χ4v) is 3.93. The van der Waals surface area contributed by atoms with Gasteiger partial charge in [0.25, 0.3) is 5.56 Å². The Morgan fingerprint density at radius 2 is 1.77 bits per heavy atom. The first-order valence-electron chi connectivity index (χ1n) is 9.91. The molecule has 0 aliphatic heterocycles. The SMILES string of the molecule is Cc1ccccc1-n1nc(C)c(CN(C)Cn2nc(C)c3c(C)onc3c2=O)c1C. The number of fused-ring (bicyclic) bond motifs is 1. The van der Waals surface area contributed by atoms with Crippen molar-refractivity contribution in [2.75, 3.05) is 7.05 Å². The lowest BCUT2D eigenvalue weighted by atomic mass is 10.1. The molecule has 4 rings (SSSR count). The van der Waals surface area contributed by atoms with Gasteiger partial charge >= 0.3 is 0 Å². The van der Waals surface area contributed by atoms with Crippen molar-refractivity contribution in [2.45, 2.75) is 47.8 Å². The van der Waals surface area contributed by atoms with Crippen molar-refractivity contribution in [3.05, 3.63) is 68.6 Å². The van der Waals surface area contributed by atoms with Crippen LogP contribution in [-0.2, 0) is 13.2 Å². The highest BCUT2D eigenvalue weighted by molar-refractivity contribution is 5.81. The number of benzene rings is 1. The minimum Gasteiger partial charge on any atom is -0.360 e. The molecule has 0 bridgehead atoms. The highest BCUT2D eigenvalue weighted by atomic mass is 16.5. The summed E-state index contributed by atoms with van der Waals surface area (Å²) in [6.45, 7) is 10.8. The van der Waals surface area contributed by atoms with E-state index in [4.69, 9.17) is 9.62 Å². The largest absolute Gasteiger partial charge is 0.360 e. The van der Waals surface area contributed by atoms with Gasteiger partial charge in [-0.15, -0.1) is 0 Å². The summed E-state index contributed by atoms with van der Waals surface area (Å²) in [5, 5.41) is 13.8. The molecule has 156 valence electrons. The molecule has 0 amide bonds. The van der Waals surface area contributed by atoms with Crippen molar-refractivity contribution in [1.29, 1.82) is 0 Å². The Kier molecular flexibility index (Phi) is 5.03. The zero-order valence-electron chi connectivity index (χ0n) is 18.2. The fraction of sp³-hybridized carbons (Fsp3) is 0.364. The average Bonchev–Trinajstić information content (AvgIpc) is 3.22. The predicted octanol–water partition coefficient (Wildman–Crippen LogP) is 3.20. The lowest BCUT2D eigenvalue weighted by Gasteiger charge is -2.18. The highest BCUT2D eigenvalue weighted by Crippen LogP contribution is 2.22. The monoisotopic (exact) mass is 406 g/mol. The van der Waals surface area contributed by atoms with Crippen LogP contribution in [0.3, 0.4) is 0 Å². The normalized spacial score (nSPS) is 11.7. The van der Waals surface area contributed by atoms with Crippen LogP contribution in [0.2, 0.25) is 0 Å². The molecule has 0 aliphatic carbocycles. The summed E-state index contributed by atoms with van der Waals surface area (Å²) in [7, 11) is 1.96. The number of aromatic nitrogens is 5. The molecule has 3 aromatic heterocycles. The summed E-state index contributed by atoms with van der Waals surface area (Å²) in [6.07, 6.45) is 0. The fourth-order valence-electron chi connectivity index (χ4n) is 3.93. The number of nitrogens with zero attached hydrogens (tertiary/aromatic N) is 6. The van der Waals surface area contributed by atoms with Crippen molar-refractivity contribution in [3.63, 3.8) is 0 Å². The van der Waals surface area contributed by atoms with Gasteiger partial charge in [-0.1, -0.05) is 23.4 Å². The van der Waals surface area contributed by atoms with E-state index < -0.39 is 0 Å². The third kappa shape index (κ3) is 3.33. The molecule has 0 radical (unpaired) electrons. The van der Waals surface area contributed by atoms with Crippen molar-refractivity contribution in [3.8, 4) is 5.69 Å². The molecule has 4 aromatic rings. The van der Waals surface area contributed by atoms with Crippen LogP contribution >= 0.6 is 0 Å². The van der Waals surface area contributed by atoms with E-state index in [0.717, 1.165) is 28.3 Å². The molecular formula is C22H26N6O2. The smallest absolute Gasteiger partial charge is 0.298 e. The maximum atomic E-state index is 12.8. The zero-order chi connectivity index (χ0) is 21.6. The van der Waals surface area contributed by atoms with E-state index >= 15 is 0 Å². The van der Waals surface area contributed by atoms with Gasteiger partial charge in [-0.25, -0.2) is 9.36 Å². The van der Waals surface area contributed by atoms with Gasteiger partial charge in [-0.05, 0) is 53.3 Å². The molecule has 8 nitrogen and oxygen atoms in total. The first-order valence-corrected chi connectivity index (χ1v) is 9.91. The van der Waals surface area contributed by atoms with Crippen LogP contribution < -0.4 is 5.56 Å². The third-order valence-electron chi connectivity index (χ3n) is 5.52. The van der Waals surface area contributed by atoms with Crippen LogP contribution in [-0.4, -0.2) is 36.7 Å². The van der Waals surface area contributed by atoms with Gasteiger partial charge in [-0.3, -0.25) is 9.69 Å². The summed E-state index contributed by atoms with van der Waals surface area (Å²) in [5.41, 5.74) is 6.27. The summed E-state index contributed by atoms with van der Waals surface area (Å²) in [5.74, 6) is 0.613. The molecule has 8 heteroatoms. The van der Waals surface area contributed by atoms with Crippen LogP contribution in [0.25, 0.3) is 16.6 Å². The van der Waals surface area contributed by atoms with Crippen molar-refractivity contribution in [1.82, 2.24) is 29.6 Å². The van der Waals surface area contributed by atoms with E-state index in [0.29, 0.717) is 29.9 Å². The third-order valence-corrected chi connectivity index (χ3v) is 5.52. The maximum absolute atomic E-state index is 12.8. The topological polar surface area (TPSA) is 82.0 Å². The van der Waals surface area contributed by atoms with Gasteiger partial charge in [0.15, 0.2) is 5.52 Å². The second kappa shape index (κ2) is 7.53. The minimum atomic E-state index is -0.247. The number of rotatable bonds is 5. The van der Waals surface area contributed by atoms with E-state index in [1.165, 1.54) is 10.2 Å². The second-order valence-electron chi connectivity index (χ2n) is 7.86. The van der Waals surface area contributed by atoms with Gasteiger partial charge in [-0.2, -0.15) is 10.2 Å². The van der Waals surface area contributed by atoms with E-state index in [2.05, 4.69) is 36.2 Å². The summed E-state index contributed by atoms with van der Waals surface area (Å²) >= 11 is 0. The van der Waals surface area contributed by atoms with Crippen molar-refractivity contribution >= 4 is 10.9 Å². The van der Waals surface area contributed by atoms with Crippen LogP contribution in [0.5, 0.6) is 0 Å². The van der Waals surface area contributed by atoms with Gasteiger partial charge in [0.1, 0.15) is 5.76 Å². The minimum absolute atomic E-state index is 0.247. The Morgan fingerprint density at radius 3 is 2.50 bits per heavy atom. The lowest BCUT2D eigenvalue weighted by Crippen LogP contribution is -2.32. The molecule has 0 spiro atoms. The molecule has 3 heterocycles. The standard InChI is InChI=1S/C22H26N6O2/c1-13-9-7-8-10-19(13)28-16(4)18(14(2)24-28)11-26(6)12-27-22(29)21-20(15(3)23-27)17(5)30-25-21/h7-10H,11-12H2,1-6H3. The van der Waals surface area contributed by atoms with Gasteiger partial charge in [0.2, 0.25) is 0 Å². The Hall–Kier alpha value is -3.26. The number of hydrogen-bond acceptors (Lipinski definition) is 6. The van der Waals surface area contributed by atoms with Crippen LogP contribution in [0.15, 0.2) is 33.6 Å². The quantitative estimate of drug-likeness (QED) is 0.506. The Balaban J connectivity index is 1.62. The molecule has 0 N–H and O–H groups in total. The van der Waals surface area contributed by atoms with E-state index in [9.17, 15) is 4.79 Å². The van der Waals surface area contributed by atoms with Gasteiger partial charge in [0.05, 0.1) is 29.1 Å². The molecule has 0 saturated heterocycles. The first kappa shape index (κ1) is 20.0. The number of hydrogen-bond donors (Lipinski definition) is 0. The van der Waals surface area contributed by atoms with E-state index in [1.807, 2.05) is 42.6 Å². The first-order chi connectivity index (χ1) is 14.3. The molecular weight excluding hydrogens is 380 g/mol. The average molecular weight is 406 g/mol. The molecule has 0 atom stereocenters. The van der Waals surface area contributed by atoms with Crippen LogP contribution in [0.4, 0.5) is 0 Å². The van der Waals surface area contributed by atoms with Crippen molar-refractivity contribution in [2.24, 2.45) is 0 Å². The Morgan fingerprint density at radius 1 is 1.03 bits per heavy atom. The van der Waals surface area contributed by atoms with Gasteiger partial charge < -0.3 is 4.52 Å². The predicted molar refractivity (Wildman–Crippen MR) is 115 cm³/mol. The summed E-state index contributed by atoms with van der Waals surface area (Å²) < 4.78 is 8.62. The van der Waals surface area contributed by atoms with E-state index in [1.54, 1.807) is 6.92 Å². The number of para-hydroxylation sites is 1. The molecule has 1 aromatic carbocycles. The maximum Gasteiger partial charge on any atom is 0.298 e. The summed E-state index contributed by atoms with van der Waals surface area (Å²) in [6, 6.07) is 8.20. The van der Waals surface area contributed by atoms with E-state index in [-0.39, 0.29) is 5.56 Å². The lowest BCUT2D eigenvalue weighted by molar-refractivity contribution is 0.239. The molecule has 30 heavy (non-hydrogen) atoms. The molecule has 0 unspecified atom stereocenters. The molecule has 0 fully saturated rings. The molecule has 0 saturated carbocycles. The zero-order valence-corrected chi connectivity index (χ0v) is 18.2. The molecule has 0 aliphatic rings. The Labute approximate surface area is 174 Å². The summed E-state index contributed by atoms with van der Waals surface area (Å²) in [4.78, 5) is 14.8. The second-order valence-corrected chi connectivity index (χ2v) is 7.86. The number of aryl methyl sites for hydroxylation is 4. The van der Waals surface area contributed by atoms with Gasteiger partial charge in [0, 0.05) is 17.8 Å². The van der Waals surface area contributed by atoms with Crippen LogP contribution in [0.1, 0.15) is 34.0 Å². The Bertz CT molecular complexity index is 1300. The van der Waals surface area contributed by atoms with Crippen molar-refractivity contribution < 1.29 is 4.52 Å².